The molecule has 1 aromatic heterocycles. The molecule has 1 aromatic rings. The number of amides is 2. The van der Waals surface area contributed by atoms with E-state index in [1.54, 1.807) is 42.2 Å². The molecule has 1 atom stereocenters. The van der Waals surface area contributed by atoms with Gasteiger partial charge in [-0.2, -0.15) is 0 Å². The van der Waals surface area contributed by atoms with E-state index < -0.39 is 0 Å². The summed E-state index contributed by atoms with van der Waals surface area (Å²) in [6.45, 7) is 0.637. The molecule has 0 saturated carbocycles. The van der Waals surface area contributed by atoms with Gasteiger partial charge in [0, 0.05) is 33.0 Å². The number of rotatable bonds is 2. The molecule has 0 aliphatic carbocycles. The summed E-state index contributed by atoms with van der Waals surface area (Å²) in [5, 5.41) is 0. The third-order valence-corrected chi connectivity index (χ3v) is 3.15. The fourth-order valence-corrected chi connectivity index (χ4v) is 2.22. The van der Waals surface area contributed by atoms with E-state index >= 15 is 0 Å². The quantitative estimate of drug-likeness (QED) is 0.776. The van der Waals surface area contributed by atoms with E-state index in [1.807, 2.05) is 0 Å². The average molecular weight is 247 g/mol. The highest BCUT2D eigenvalue weighted by molar-refractivity contribution is 5.97. The third-order valence-electron chi connectivity index (χ3n) is 3.15. The Morgan fingerprint density at radius 1 is 1.44 bits per heavy atom. The Bertz CT molecular complexity index is 445. The molecule has 0 N–H and O–H groups in total. The van der Waals surface area contributed by atoms with Crippen molar-refractivity contribution in [1.82, 2.24) is 14.8 Å². The van der Waals surface area contributed by atoms with Crippen LogP contribution in [0.25, 0.3) is 0 Å². The summed E-state index contributed by atoms with van der Waals surface area (Å²) >= 11 is 0. The molecule has 0 radical (unpaired) electrons. The summed E-state index contributed by atoms with van der Waals surface area (Å²) < 4.78 is 0. The lowest BCUT2D eigenvalue weighted by Crippen LogP contribution is -2.45. The van der Waals surface area contributed by atoms with Gasteiger partial charge < -0.3 is 9.80 Å². The Labute approximate surface area is 106 Å². The first-order chi connectivity index (χ1) is 8.61. The van der Waals surface area contributed by atoms with Crippen molar-refractivity contribution in [3.05, 3.63) is 30.1 Å². The van der Waals surface area contributed by atoms with Gasteiger partial charge in [-0.15, -0.1) is 0 Å². The topological polar surface area (TPSA) is 53.5 Å². The van der Waals surface area contributed by atoms with Crippen molar-refractivity contribution < 1.29 is 9.59 Å². The standard InChI is InChI=1S/C13H17N3O2/c1-15(2)13(18)11-6-4-8-16(11)12(17)10-5-3-7-14-9-10/h3,5,7,9,11H,4,6,8H2,1-2H3. The van der Waals surface area contributed by atoms with Gasteiger partial charge in [0.1, 0.15) is 6.04 Å². The molecule has 1 unspecified atom stereocenters. The van der Waals surface area contributed by atoms with Crippen LogP contribution >= 0.6 is 0 Å². The maximum atomic E-state index is 12.3. The van der Waals surface area contributed by atoms with Crippen LogP contribution in [0.1, 0.15) is 23.2 Å². The van der Waals surface area contributed by atoms with Crippen LogP contribution in [0.15, 0.2) is 24.5 Å². The lowest BCUT2D eigenvalue weighted by atomic mass is 10.2. The van der Waals surface area contributed by atoms with Crippen LogP contribution in [0.2, 0.25) is 0 Å². The first kappa shape index (κ1) is 12.5. The fourth-order valence-electron chi connectivity index (χ4n) is 2.22. The number of aromatic nitrogens is 1. The molecular formula is C13H17N3O2. The molecule has 5 heteroatoms. The maximum absolute atomic E-state index is 12.3. The number of likely N-dealkylation sites (tertiary alicyclic amines) is 1. The lowest BCUT2D eigenvalue weighted by Gasteiger charge is -2.26. The summed E-state index contributed by atoms with van der Waals surface area (Å²) in [4.78, 5) is 31.4. The van der Waals surface area contributed by atoms with E-state index in [-0.39, 0.29) is 17.9 Å². The van der Waals surface area contributed by atoms with Gasteiger partial charge in [-0.1, -0.05) is 0 Å². The van der Waals surface area contributed by atoms with E-state index in [9.17, 15) is 9.59 Å². The molecule has 0 spiro atoms. The van der Waals surface area contributed by atoms with Crippen LogP contribution < -0.4 is 0 Å². The van der Waals surface area contributed by atoms with Crippen LogP contribution in [0.5, 0.6) is 0 Å². The van der Waals surface area contributed by atoms with Gasteiger partial charge in [-0.25, -0.2) is 0 Å². The second-order valence-corrected chi connectivity index (χ2v) is 4.63. The van der Waals surface area contributed by atoms with Crippen molar-refractivity contribution >= 4 is 11.8 Å². The van der Waals surface area contributed by atoms with Crippen LogP contribution in [-0.2, 0) is 4.79 Å². The minimum atomic E-state index is -0.326. The van der Waals surface area contributed by atoms with Crippen molar-refractivity contribution in [2.24, 2.45) is 0 Å². The Hall–Kier alpha value is -1.91. The number of nitrogens with zero attached hydrogens (tertiary/aromatic N) is 3. The van der Waals surface area contributed by atoms with Crippen LogP contribution in [0, 0.1) is 0 Å². The number of carbonyl (C=O) groups excluding carboxylic acids is 2. The summed E-state index contributed by atoms with van der Waals surface area (Å²) in [6.07, 6.45) is 4.78. The molecule has 1 aliphatic heterocycles. The second kappa shape index (κ2) is 5.16. The highest BCUT2D eigenvalue weighted by Crippen LogP contribution is 2.21. The molecule has 2 rings (SSSR count). The van der Waals surface area contributed by atoms with Gasteiger partial charge in [0.15, 0.2) is 0 Å². The Kier molecular flexibility index (Phi) is 3.60. The molecule has 2 heterocycles. The highest BCUT2D eigenvalue weighted by atomic mass is 16.2. The smallest absolute Gasteiger partial charge is 0.256 e. The number of pyridine rings is 1. The van der Waals surface area contributed by atoms with E-state index in [2.05, 4.69) is 4.98 Å². The maximum Gasteiger partial charge on any atom is 0.256 e. The molecule has 1 saturated heterocycles. The fraction of sp³-hybridized carbons (Fsp3) is 0.462. The van der Waals surface area contributed by atoms with Gasteiger partial charge in [-0.05, 0) is 25.0 Å². The minimum Gasteiger partial charge on any atom is -0.347 e. The second-order valence-electron chi connectivity index (χ2n) is 4.63. The Morgan fingerprint density at radius 2 is 2.22 bits per heavy atom. The monoisotopic (exact) mass is 247 g/mol. The molecule has 0 aromatic carbocycles. The lowest BCUT2D eigenvalue weighted by molar-refractivity contribution is -0.132. The summed E-state index contributed by atoms with van der Waals surface area (Å²) in [6, 6.07) is 3.13. The molecule has 0 bridgehead atoms. The molecule has 18 heavy (non-hydrogen) atoms. The number of likely N-dealkylation sites (N-methyl/N-ethyl adjacent to an activating group) is 1. The van der Waals surface area contributed by atoms with Crippen molar-refractivity contribution in [1.29, 1.82) is 0 Å². The SMILES string of the molecule is CN(C)C(=O)C1CCCN1C(=O)c1cccnc1. The van der Waals surface area contributed by atoms with E-state index in [4.69, 9.17) is 0 Å². The van der Waals surface area contributed by atoms with Crippen LogP contribution in [0.3, 0.4) is 0 Å². The number of carbonyl (C=O) groups is 2. The zero-order chi connectivity index (χ0) is 13.1. The minimum absolute atomic E-state index is 0.00950. The molecule has 2 amide bonds. The molecule has 5 nitrogen and oxygen atoms in total. The zero-order valence-corrected chi connectivity index (χ0v) is 10.7. The first-order valence-corrected chi connectivity index (χ1v) is 6.03. The normalized spacial score (nSPS) is 18.8. The molecular weight excluding hydrogens is 230 g/mol. The summed E-state index contributed by atoms with van der Waals surface area (Å²) in [5.74, 6) is -0.120. The average Bonchev–Trinajstić information content (AvgIpc) is 2.87. The molecule has 1 aliphatic rings. The third kappa shape index (κ3) is 2.34. The number of hydrogen-bond donors (Lipinski definition) is 0. The largest absolute Gasteiger partial charge is 0.347 e. The zero-order valence-electron chi connectivity index (χ0n) is 10.7. The van der Waals surface area contributed by atoms with Gasteiger partial charge in [0.05, 0.1) is 5.56 Å². The van der Waals surface area contributed by atoms with Gasteiger partial charge in [0.2, 0.25) is 5.91 Å². The molecule has 96 valence electrons. The van der Waals surface area contributed by atoms with Crippen LogP contribution in [0.4, 0.5) is 0 Å². The van der Waals surface area contributed by atoms with Gasteiger partial charge in [-0.3, -0.25) is 14.6 Å². The van der Waals surface area contributed by atoms with Gasteiger partial charge >= 0.3 is 0 Å². The first-order valence-electron chi connectivity index (χ1n) is 6.03. The van der Waals surface area contributed by atoms with Crippen molar-refractivity contribution in [2.45, 2.75) is 18.9 Å². The summed E-state index contributed by atoms with van der Waals surface area (Å²) in [7, 11) is 3.43. The Morgan fingerprint density at radius 3 is 2.83 bits per heavy atom. The summed E-state index contributed by atoms with van der Waals surface area (Å²) in [5.41, 5.74) is 0.538. The highest BCUT2D eigenvalue weighted by Gasteiger charge is 2.35. The molecule has 1 fully saturated rings. The van der Waals surface area contributed by atoms with Crippen molar-refractivity contribution in [3.8, 4) is 0 Å². The van der Waals surface area contributed by atoms with Gasteiger partial charge in [0.25, 0.3) is 5.91 Å². The Balaban J connectivity index is 2.17. The predicted octanol–water partition coefficient (Wildman–Crippen LogP) is 0.774. The van der Waals surface area contributed by atoms with Crippen molar-refractivity contribution in [2.75, 3.05) is 20.6 Å². The van der Waals surface area contributed by atoms with E-state index in [0.29, 0.717) is 12.1 Å². The van der Waals surface area contributed by atoms with E-state index in [1.165, 1.54) is 6.20 Å². The van der Waals surface area contributed by atoms with Crippen LogP contribution in [-0.4, -0.2) is 53.3 Å². The predicted molar refractivity (Wildman–Crippen MR) is 67.0 cm³/mol. The van der Waals surface area contributed by atoms with E-state index in [0.717, 1.165) is 12.8 Å². The number of hydrogen-bond acceptors (Lipinski definition) is 3. The van der Waals surface area contributed by atoms with Crippen molar-refractivity contribution in [3.63, 3.8) is 0 Å².